The lowest BCUT2D eigenvalue weighted by Gasteiger charge is -2.30. The molecule has 0 amide bonds. The Bertz CT molecular complexity index is 554. The van der Waals surface area contributed by atoms with Crippen molar-refractivity contribution in [2.24, 2.45) is 10.4 Å². The molecule has 2 N–H and O–H groups in total. The normalized spacial score (nSPS) is 16.2. The van der Waals surface area contributed by atoms with Gasteiger partial charge in [0, 0.05) is 26.8 Å². The van der Waals surface area contributed by atoms with E-state index in [0.29, 0.717) is 18.6 Å². The van der Waals surface area contributed by atoms with Crippen LogP contribution in [-0.2, 0) is 4.74 Å². The minimum Gasteiger partial charge on any atom is -0.497 e. The van der Waals surface area contributed by atoms with Crippen molar-refractivity contribution in [3.63, 3.8) is 0 Å². The van der Waals surface area contributed by atoms with Crippen LogP contribution in [0.5, 0.6) is 11.5 Å². The fraction of sp³-hybridized carbons (Fsp3) is 0.667. The molecule has 0 aromatic heterocycles. The van der Waals surface area contributed by atoms with Crippen molar-refractivity contribution in [3.05, 3.63) is 24.3 Å². The van der Waals surface area contributed by atoms with Gasteiger partial charge in [0.1, 0.15) is 18.1 Å². The molecule has 152 valence electrons. The van der Waals surface area contributed by atoms with E-state index < -0.39 is 0 Å². The number of methoxy groups -OCH3 is 1. The molecule has 27 heavy (non-hydrogen) atoms. The van der Waals surface area contributed by atoms with Crippen LogP contribution < -0.4 is 20.1 Å². The molecule has 0 radical (unpaired) electrons. The predicted octanol–water partition coefficient (Wildman–Crippen LogP) is 3.23. The topological polar surface area (TPSA) is 64.1 Å². The van der Waals surface area contributed by atoms with E-state index in [4.69, 9.17) is 14.2 Å². The van der Waals surface area contributed by atoms with E-state index in [1.165, 1.54) is 25.7 Å². The van der Waals surface area contributed by atoms with E-state index >= 15 is 0 Å². The lowest BCUT2D eigenvalue weighted by Crippen LogP contribution is -2.44. The summed E-state index contributed by atoms with van der Waals surface area (Å²) in [6, 6.07) is 7.61. The molecule has 0 bridgehead atoms. The average molecular weight is 378 g/mol. The van der Waals surface area contributed by atoms with Crippen LogP contribution in [0.15, 0.2) is 29.3 Å². The number of hydrogen-bond acceptors (Lipinski definition) is 4. The standard InChI is InChI=1S/C21H35N3O3/c1-4-26-15-13-21(11-5-6-12-21)17-24-20(22-2)23-14-16-27-19-9-7-18(25-3)8-10-19/h7-10H,4-6,11-17H2,1-3H3,(H2,22,23,24). The number of guanidine groups is 1. The van der Waals surface area contributed by atoms with Crippen molar-refractivity contribution < 1.29 is 14.2 Å². The van der Waals surface area contributed by atoms with Crippen molar-refractivity contribution >= 4 is 5.96 Å². The highest BCUT2D eigenvalue weighted by molar-refractivity contribution is 5.79. The quantitative estimate of drug-likeness (QED) is 0.352. The first-order chi connectivity index (χ1) is 13.2. The van der Waals surface area contributed by atoms with Crippen molar-refractivity contribution in [2.75, 3.05) is 47.1 Å². The number of nitrogens with one attached hydrogen (secondary N) is 2. The summed E-state index contributed by atoms with van der Waals surface area (Å²) in [5.74, 6) is 2.49. The molecule has 1 aliphatic carbocycles. The molecule has 6 nitrogen and oxygen atoms in total. The number of aliphatic imine (C=N–C) groups is 1. The Hall–Kier alpha value is -1.95. The van der Waals surface area contributed by atoms with Crippen LogP contribution in [0.1, 0.15) is 39.0 Å². The molecule has 2 rings (SSSR count). The molecule has 0 atom stereocenters. The van der Waals surface area contributed by atoms with Crippen molar-refractivity contribution in [2.45, 2.75) is 39.0 Å². The zero-order chi connectivity index (χ0) is 19.4. The van der Waals surface area contributed by atoms with Gasteiger partial charge in [-0.3, -0.25) is 4.99 Å². The third-order valence-electron chi connectivity index (χ3n) is 5.22. The number of hydrogen-bond donors (Lipinski definition) is 2. The Morgan fingerprint density at radius 2 is 1.78 bits per heavy atom. The largest absolute Gasteiger partial charge is 0.497 e. The maximum absolute atomic E-state index is 5.75. The summed E-state index contributed by atoms with van der Waals surface area (Å²) < 4.78 is 16.5. The van der Waals surface area contributed by atoms with Gasteiger partial charge >= 0.3 is 0 Å². The van der Waals surface area contributed by atoms with E-state index in [2.05, 4.69) is 22.5 Å². The smallest absolute Gasteiger partial charge is 0.191 e. The predicted molar refractivity (Wildman–Crippen MR) is 110 cm³/mol. The number of rotatable bonds is 11. The van der Waals surface area contributed by atoms with Crippen LogP contribution in [0.2, 0.25) is 0 Å². The second kappa shape index (κ2) is 11.7. The number of nitrogens with zero attached hydrogens (tertiary/aromatic N) is 1. The maximum atomic E-state index is 5.75. The number of ether oxygens (including phenoxy) is 3. The monoisotopic (exact) mass is 377 g/mol. The zero-order valence-electron chi connectivity index (χ0n) is 17.1. The van der Waals surface area contributed by atoms with Crippen LogP contribution >= 0.6 is 0 Å². The molecule has 0 spiro atoms. The number of benzene rings is 1. The third kappa shape index (κ3) is 7.29. The lowest BCUT2D eigenvalue weighted by atomic mass is 9.83. The van der Waals surface area contributed by atoms with Gasteiger partial charge in [-0.05, 0) is 55.9 Å². The van der Waals surface area contributed by atoms with Gasteiger partial charge in [0.2, 0.25) is 0 Å². The molecule has 0 aliphatic heterocycles. The summed E-state index contributed by atoms with van der Waals surface area (Å²) in [4.78, 5) is 4.33. The van der Waals surface area contributed by atoms with Gasteiger partial charge in [-0.1, -0.05) is 12.8 Å². The molecule has 0 unspecified atom stereocenters. The summed E-state index contributed by atoms with van der Waals surface area (Å²) in [6.45, 7) is 5.90. The Labute approximate surface area is 163 Å². The summed E-state index contributed by atoms with van der Waals surface area (Å²) in [6.07, 6.45) is 6.28. The van der Waals surface area contributed by atoms with Crippen molar-refractivity contribution in [1.29, 1.82) is 0 Å². The fourth-order valence-electron chi connectivity index (χ4n) is 3.58. The summed E-state index contributed by atoms with van der Waals surface area (Å²) >= 11 is 0. The Morgan fingerprint density at radius 3 is 2.41 bits per heavy atom. The van der Waals surface area contributed by atoms with Gasteiger partial charge in [-0.15, -0.1) is 0 Å². The van der Waals surface area contributed by atoms with E-state index in [0.717, 1.165) is 43.6 Å². The first-order valence-corrected chi connectivity index (χ1v) is 10.0. The summed E-state index contributed by atoms with van der Waals surface area (Å²) in [5.41, 5.74) is 0.340. The Kier molecular flexibility index (Phi) is 9.25. The second-order valence-corrected chi connectivity index (χ2v) is 7.03. The average Bonchev–Trinajstić information content (AvgIpc) is 3.17. The molecule has 1 aromatic rings. The molecular weight excluding hydrogens is 342 g/mol. The molecule has 1 saturated carbocycles. The molecule has 0 saturated heterocycles. The molecule has 1 fully saturated rings. The fourth-order valence-corrected chi connectivity index (χ4v) is 3.58. The highest BCUT2D eigenvalue weighted by Gasteiger charge is 2.33. The van der Waals surface area contributed by atoms with Gasteiger partial charge in [0.25, 0.3) is 0 Å². The summed E-state index contributed by atoms with van der Waals surface area (Å²) in [5, 5.41) is 6.83. The van der Waals surface area contributed by atoms with Gasteiger partial charge in [0.05, 0.1) is 13.7 Å². The van der Waals surface area contributed by atoms with Crippen LogP contribution in [0.25, 0.3) is 0 Å². The minimum atomic E-state index is 0.340. The molecule has 0 heterocycles. The van der Waals surface area contributed by atoms with Crippen molar-refractivity contribution in [3.8, 4) is 11.5 Å². The molecular formula is C21H35N3O3. The van der Waals surface area contributed by atoms with Gasteiger partial charge < -0.3 is 24.8 Å². The van der Waals surface area contributed by atoms with Gasteiger partial charge in [0.15, 0.2) is 5.96 Å². The van der Waals surface area contributed by atoms with Gasteiger partial charge in [-0.2, -0.15) is 0 Å². The SMILES string of the molecule is CCOCCC1(CNC(=NC)NCCOc2ccc(OC)cc2)CCCC1. The van der Waals surface area contributed by atoms with Crippen LogP contribution in [0.4, 0.5) is 0 Å². The molecule has 6 heteroatoms. The highest BCUT2D eigenvalue weighted by atomic mass is 16.5. The van der Waals surface area contributed by atoms with Crippen LogP contribution in [0, 0.1) is 5.41 Å². The van der Waals surface area contributed by atoms with E-state index in [-0.39, 0.29) is 0 Å². The zero-order valence-corrected chi connectivity index (χ0v) is 17.1. The van der Waals surface area contributed by atoms with Crippen LogP contribution in [-0.4, -0.2) is 53.0 Å². The van der Waals surface area contributed by atoms with E-state index in [1.807, 2.05) is 24.3 Å². The van der Waals surface area contributed by atoms with Crippen molar-refractivity contribution in [1.82, 2.24) is 10.6 Å². The van der Waals surface area contributed by atoms with E-state index in [9.17, 15) is 0 Å². The lowest BCUT2D eigenvalue weighted by molar-refractivity contribution is 0.105. The Balaban J connectivity index is 1.69. The highest BCUT2D eigenvalue weighted by Crippen LogP contribution is 2.40. The van der Waals surface area contributed by atoms with Crippen LogP contribution in [0.3, 0.4) is 0 Å². The Morgan fingerprint density at radius 1 is 1.07 bits per heavy atom. The van der Waals surface area contributed by atoms with E-state index in [1.54, 1.807) is 14.2 Å². The van der Waals surface area contributed by atoms with Gasteiger partial charge in [-0.25, -0.2) is 0 Å². The first-order valence-electron chi connectivity index (χ1n) is 10.0. The summed E-state index contributed by atoms with van der Waals surface area (Å²) in [7, 11) is 3.46. The minimum absolute atomic E-state index is 0.340. The maximum Gasteiger partial charge on any atom is 0.191 e. The second-order valence-electron chi connectivity index (χ2n) is 7.03. The molecule has 1 aliphatic rings. The molecule has 1 aromatic carbocycles. The third-order valence-corrected chi connectivity index (χ3v) is 5.22. The first kappa shape index (κ1) is 21.4.